The molecule has 0 saturated heterocycles. The zero-order valence-electron chi connectivity index (χ0n) is 11.5. The zero-order valence-corrected chi connectivity index (χ0v) is 14.7. The second-order valence-electron chi connectivity index (χ2n) is 5.46. The van der Waals surface area contributed by atoms with Crippen molar-refractivity contribution in [1.29, 1.82) is 0 Å². The Hall–Kier alpha value is -0.220. The third kappa shape index (κ3) is 4.16. The molecule has 0 spiro atoms. The summed E-state index contributed by atoms with van der Waals surface area (Å²) in [5.41, 5.74) is 1.37. The van der Waals surface area contributed by atoms with E-state index in [9.17, 15) is 0 Å². The van der Waals surface area contributed by atoms with Crippen LogP contribution in [0.15, 0.2) is 16.6 Å². The molecule has 0 N–H and O–H groups in total. The lowest BCUT2D eigenvalue weighted by molar-refractivity contribution is 0.365. The van der Waals surface area contributed by atoms with Gasteiger partial charge in [0, 0.05) is 10.4 Å². The smallest absolute Gasteiger partial charge is 0.133 e. The Kier molecular flexibility index (Phi) is 5.53. The number of alkyl halides is 1. The highest BCUT2D eigenvalue weighted by atomic mass is 79.9. The van der Waals surface area contributed by atoms with E-state index in [0.717, 1.165) is 28.0 Å². The average Bonchev–Trinajstić information content (AvgIpc) is 2.26. The topological polar surface area (TPSA) is 18.5 Å². The predicted octanol–water partition coefficient (Wildman–Crippen LogP) is 5.34. The van der Waals surface area contributed by atoms with Crippen molar-refractivity contribution in [2.45, 2.75) is 32.0 Å². The monoisotopic (exact) mass is 378 g/mol. The van der Waals surface area contributed by atoms with Crippen LogP contribution in [0.5, 0.6) is 11.5 Å². The van der Waals surface area contributed by atoms with Gasteiger partial charge >= 0.3 is 0 Å². The molecule has 0 aliphatic carbocycles. The highest BCUT2D eigenvalue weighted by molar-refractivity contribution is 9.10. The maximum atomic E-state index is 5.45. The number of halogens is 2. The Labute approximate surface area is 126 Å². The molecule has 4 heteroatoms. The Morgan fingerprint density at radius 3 is 2.11 bits per heavy atom. The average molecular weight is 380 g/mol. The summed E-state index contributed by atoms with van der Waals surface area (Å²) in [5, 5.41) is 0. The predicted molar refractivity (Wildman–Crippen MR) is 83.0 cm³/mol. The first kappa shape index (κ1) is 15.8. The van der Waals surface area contributed by atoms with E-state index >= 15 is 0 Å². The van der Waals surface area contributed by atoms with Crippen LogP contribution in [0.2, 0.25) is 0 Å². The van der Waals surface area contributed by atoms with Crippen LogP contribution in [-0.4, -0.2) is 14.2 Å². The van der Waals surface area contributed by atoms with Crippen LogP contribution < -0.4 is 9.47 Å². The molecule has 0 saturated carbocycles. The van der Waals surface area contributed by atoms with Crippen molar-refractivity contribution < 1.29 is 9.47 Å². The molecule has 1 aromatic rings. The van der Waals surface area contributed by atoms with E-state index in [1.807, 2.05) is 12.1 Å². The summed E-state index contributed by atoms with van der Waals surface area (Å²) in [6, 6.07) is 3.97. The molecule has 1 atom stereocenters. The van der Waals surface area contributed by atoms with Gasteiger partial charge in [-0.3, -0.25) is 0 Å². The molecule has 18 heavy (non-hydrogen) atoms. The number of methoxy groups -OCH3 is 2. The van der Waals surface area contributed by atoms with Gasteiger partial charge < -0.3 is 9.47 Å². The lowest BCUT2D eigenvalue weighted by Gasteiger charge is -2.24. The first-order valence-electron chi connectivity index (χ1n) is 5.84. The molecule has 1 rings (SSSR count). The van der Waals surface area contributed by atoms with Gasteiger partial charge in [0.1, 0.15) is 11.5 Å². The Morgan fingerprint density at radius 2 is 1.67 bits per heavy atom. The molecular weight excluding hydrogens is 360 g/mol. The van der Waals surface area contributed by atoms with Crippen LogP contribution in [0.25, 0.3) is 0 Å². The molecule has 102 valence electrons. The van der Waals surface area contributed by atoms with Gasteiger partial charge in [-0.25, -0.2) is 0 Å². The molecule has 0 aliphatic heterocycles. The zero-order chi connectivity index (χ0) is 13.9. The first-order chi connectivity index (χ1) is 8.28. The second-order valence-corrected chi connectivity index (χ2v) is 7.42. The number of ether oxygens (including phenoxy) is 2. The molecule has 0 radical (unpaired) electrons. The van der Waals surface area contributed by atoms with Gasteiger partial charge in [-0.1, -0.05) is 36.7 Å². The van der Waals surface area contributed by atoms with Gasteiger partial charge in [-0.2, -0.15) is 0 Å². The normalized spacial score (nSPS) is 13.3. The molecule has 1 unspecified atom stereocenters. The summed E-state index contributed by atoms with van der Waals surface area (Å²) in [6.07, 6.45) is 1.02. The van der Waals surface area contributed by atoms with E-state index in [1.165, 1.54) is 0 Å². The lowest BCUT2D eigenvalue weighted by Crippen LogP contribution is -2.09. The fourth-order valence-corrected chi connectivity index (χ4v) is 3.59. The van der Waals surface area contributed by atoms with Gasteiger partial charge in [0.2, 0.25) is 0 Å². The minimum Gasteiger partial charge on any atom is -0.496 e. The Bertz CT molecular complexity index is 411. The van der Waals surface area contributed by atoms with E-state index in [-0.39, 0.29) is 10.2 Å². The number of benzene rings is 1. The molecule has 1 aromatic carbocycles. The summed E-state index contributed by atoms with van der Waals surface area (Å²) in [4.78, 5) is 0.245. The van der Waals surface area contributed by atoms with Crippen molar-refractivity contribution in [3.8, 4) is 11.5 Å². The van der Waals surface area contributed by atoms with Crippen LogP contribution in [-0.2, 0) is 0 Å². The maximum absolute atomic E-state index is 5.45. The minimum atomic E-state index is 0.245. The summed E-state index contributed by atoms with van der Waals surface area (Å²) >= 11 is 7.22. The minimum absolute atomic E-state index is 0.245. The van der Waals surface area contributed by atoms with Crippen LogP contribution >= 0.6 is 31.9 Å². The van der Waals surface area contributed by atoms with E-state index in [2.05, 4.69) is 52.6 Å². The molecule has 0 heterocycles. The third-order valence-corrected chi connectivity index (χ3v) is 4.07. The Balaban J connectivity index is 3.13. The summed E-state index contributed by atoms with van der Waals surface area (Å²) < 4.78 is 11.7. The van der Waals surface area contributed by atoms with Crippen molar-refractivity contribution in [3.05, 3.63) is 22.2 Å². The van der Waals surface area contributed by atoms with Crippen molar-refractivity contribution in [3.63, 3.8) is 0 Å². The lowest BCUT2D eigenvalue weighted by atomic mass is 9.88. The maximum Gasteiger partial charge on any atom is 0.133 e. The number of hydrogen-bond donors (Lipinski definition) is 0. The van der Waals surface area contributed by atoms with Crippen LogP contribution in [0.3, 0.4) is 0 Å². The molecular formula is C14H20Br2O2. The van der Waals surface area contributed by atoms with Crippen LogP contribution in [0.4, 0.5) is 0 Å². The molecule has 0 bridgehead atoms. The summed E-state index contributed by atoms with van der Waals surface area (Å²) in [6.45, 7) is 6.68. The molecule has 0 aliphatic rings. The fraction of sp³-hybridized carbons (Fsp3) is 0.571. The second kappa shape index (κ2) is 6.29. The van der Waals surface area contributed by atoms with Crippen molar-refractivity contribution in [2.24, 2.45) is 5.41 Å². The fourth-order valence-electron chi connectivity index (χ4n) is 1.78. The van der Waals surface area contributed by atoms with Crippen LogP contribution in [0.1, 0.15) is 37.6 Å². The van der Waals surface area contributed by atoms with Crippen molar-refractivity contribution >= 4 is 31.9 Å². The van der Waals surface area contributed by atoms with E-state index in [0.29, 0.717) is 0 Å². The quantitative estimate of drug-likeness (QED) is 0.657. The van der Waals surface area contributed by atoms with Gasteiger partial charge in [0.05, 0.1) is 18.7 Å². The Morgan fingerprint density at radius 1 is 1.11 bits per heavy atom. The first-order valence-corrected chi connectivity index (χ1v) is 7.55. The van der Waals surface area contributed by atoms with Crippen molar-refractivity contribution in [1.82, 2.24) is 0 Å². The van der Waals surface area contributed by atoms with Gasteiger partial charge in [0.25, 0.3) is 0 Å². The summed E-state index contributed by atoms with van der Waals surface area (Å²) in [5.74, 6) is 1.69. The van der Waals surface area contributed by atoms with Gasteiger partial charge in [-0.15, -0.1) is 0 Å². The van der Waals surface area contributed by atoms with E-state index in [4.69, 9.17) is 9.47 Å². The molecule has 0 fully saturated rings. The third-order valence-electron chi connectivity index (χ3n) is 2.63. The highest BCUT2D eigenvalue weighted by Gasteiger charge is 2.22. The molecule has 0 aromatic heterocycles. The standard InChI is InChI=1S/C14H20Br2O2/c1-14(2,3)8-11(16)9-6-13(18-5)10(15)7-12(9)17-4/h6-7,11H,8H2,1-5H3. The van der Waals surface area contributed by atoms with E-state index < -0.39 is 0 Å². The number of rotatable bonds is 4. The van der Waals surface area contributed by atoms with Gasteiger partial charge in [0.15, 0.2) is 0 Å². The van der Waals surface area contributed by atoms with E-state index in [1.54, 1.807) is 14.2 Å². The largest absolute Gasteiger partial charge is 0.496 e. The van der Waals surface area contributed by atoms with Crippen molar-refractivity contribution in [2.75, 3.05) is 14.2 Å². The van der Waals surface area contributed by atoms with Crippen LogP contribution in [0, 0.1) is 5.41 Å². The summed E-state index contributed by atoms with van der Waals surface area (Å²) in [7, 11) is 3.36. The number of hydrogen-bond acceptors (Lipinski definition) is 2. The highest BCUT2D eigenvalue weighted by Crippen LogP contribution is 2.43. The molecule has 2 nitrogen and oxygen atoms in total. The SMILES string of the molecule is COc1cc(C(Br)CC(C)(C)C)c(OC)cc1Br. The molecule has 0 amide bonds. The van der Waals surface area contributed by atoms with Gasteiger partial charge in [-0.05, 0) is 39.9 Å².